The second-order valence-electron chi connectivity index (χ2n) is 8.96. The molecule has 4 rings (SSSR count). The van der Waals surface area contributed by atoms with Crippen molar-refractivity contribution in [2.45, 2.75) is 62.8 Å². The SMILES string of the molecule is C#C[C@]12O[C@@H](n3ccc4c(N)nc(Cl)nc43)CC1(O[Si](C)(C)C(C)(C)C)C2=O. The molecule has 3 atom stereocenters. The van der Waals surface area contributed by atoms with Crippen molar-refractivity contribution in [3.63, 3.8) is 0 Å². The minimum absolute atomic E-state index is 0.0445. The van der Waals surface area contributed by atoms with Crippen LogP contribution in [0.3, 0.4) is 0 Å². The summed E-state index contributed by atoms with van der Waals surface area (Å²) < 4.78 is 14.4. The molecule has 1 saturated carbocycles. The zero-order valence-corrected chi connectivity index (χ0v) is 18.3. The summed E-state index contributed by atoms with van der Waals surface area (Å²) in [4.78, 5) is 21.1. The van der Waals surface area contributed by atoms with E-state index in [1.165, 1.54) is 0 Å². The summed E-state index contributed by atoms with van der Waals surface area (Å²) in [7, 11) is -2.26. The summed E-state index contributed by atoms with van der Waals surface area (Å²) in [6.07, 6.45) is 7.34. The monoisotopic (exact) mass is 418 g/mol. The number of nitrogens with zero attached hydrogens (tertiary/aromatic N) is 3. The number of anilines is 1. The molecule has 2 aliphatic rings. The van der Waals surface area contributed by atoms with E-state index < -0.39 is 25.7 Å². The molecule has 2 N–H and O–H groups in total. The van der Waals surface area contributed by atoms with Crippen molar-refractivity contribution in [1.82, 2.24) is 14.5 Å². The topological polar surface area (TPSA) is 92.3 Å². The molecule has 9 heteroatoms. The van der Waals surface area contributed by atoms with Crippen LogP contribution < -0.4 is 5.73 Å². The number of Topliss-reactive ketones (excluding diaryl/α,β-unsaturated/α-hetero) is 1. The standard InChI is InChI=1S/C19H23ClN4O3Si/c1-7-18-15(25)19(18,27-28(5,6)17(2,3)4)10-12(26-18)24-9-8-11-13(21)22-16(20)23-14(11)24/h1,8-9,12H,10H2,2-6H3,(H2,21,22,23)/t12-,18-,19?/m1/s1. The Hall–Kier alpha value is -1.92. The predicted molar refractivity (Wildman–Crippen MR) is 109 cm³/mol. The number of fused-ring (bicyclic) bond motifs is 2. The lowest BCUT2D eigenvalue weighted by Crippen LogP contribution is -2.46. The van der Waals surface area contributed by atoms with E-state index in [-0.39, 0.29) is 21.9 Å². The fourth-order valence-corrected chi connectivity index (χ4v) is 5.31. The number of halogens is 1. The summed E-state index contributed by atoms with van der Waals surface area (Å²) in [6.45, 7) is 10.6. The summed E-state index contributed by atoms with van der Waals surface area (Å²) in [6, 6.07) is 1.79. The zero-order chi connectivity index (χ0) is 20.7. The number of rotatable bonds is 3. The van der Waals surface area contributed by atoms with Gasteiger partial charge in [-0.2, -0.15) is 4.98 Å². The minimum Gasteiger partial charge on any atom is -0.401 e. The van der Waals surface area contributed by atoms with Gasteiger partial charge >= 0.3 is 0 Å². The molecule has 28 heavy (non-hydrogen) atoms. The first-order valence-corrected chi connectivity index (χ1v) is 12.4. The van der Waals surface area contributed by atoms with Crippen molar-refractivity contribution in [2.24, 2.45) is 0 Å². The number of nitrogens with two attached hydrogens (primary N) is 1. The number of nitrogen functional groups attached to an aromatic ring is 1. The Kier molecular flexibility index (Phi) is 3.86. The highest BCUT2D eigenvalue weighted by Gasteiger charge is 2.86. The number of ether oxygens (including phenoxy) is 1. The van der Waals surface area contributed by atoms with E-state index in [0.29, 0.717) is 17.5 Å². The van der Waals surface area contributed by atoms with Gasteiger partial charge in [0.15, 0.2) is 13.9 Å². The van der Waals surface area contributed by atoms with Crippen molar-refractivity contribution in [3.05, 3.63) is 17.5 Å². The average molecular weight is 419 g/mol. The van der Waals surface area contributed by atoms with Crippen LogP contribution in [0.2, 0.25) is 23.4 Å². The van der Waals surface area contributed by atoms with Crippen LogP contribution in [0.15, 0.2) is 12.3 Å². The van der Waals surface area contributed by atoms with Crippen molar-refractivity contribution in [2.75, 3.05) is 5.73 Å². The molecule has 0 bridgehead atoms. The lowest BCUT2D eigenvalue weighted by atomic mass is 10.2. The number of terminal acetylenes is 1. The highest BCUT2D eigenvalue weighted by molar-refractivity contribution is 6.74. The number of aromatic nitrogens is 3. The van der Waals surface area contributed by atoms with Gasteiger partial charge in [0, 0.05) is 12.6 Å². The molecule has 2 aromatic heterocycles. The number of carbonyl (C=O) groups is 1. The third-order valence-electron chi connectivity index (χ3n) is 6.29. The molecule has 0 aromatic carbocycles. The molecule has 1 saturated heterocycles. The summed E-state index contributed by atoms with van der Waals surface area (Å²) in [5, 5.41) is 0.635. The Bertz CT molecular complexity index is 1050. The Morgan fingerprint density at radius 1 is 1.46 bits per heavy atom. The van der Waals surface area contributed by atoms with Crippen LogP contribution in [-0.4, -0.2) is 39.8 Å². The smallest absolute Gasteiger partial charge is 0.227 e. The maximum Gasteiger partial charge on any atom is 0.227 e. The summed E-state index contributed by atoms with van der Waals surface area (Å²) in [5.74, 6) is 2.68. The van der Waals surface area contributed by atoms with E-state index in [4.69, 9.17) is 32.9 Å². The van der Waals surface area contributed by atoms with Crippen molar-refractivity contribution in [3.8, 4) is 12.3 Å². The third kappa shape index (κ3) is 2.34. The van der Waals surface area contributed by atoms with Crippen LogP contribution >= 0.6 is 11.6 Å². The van der Waals surface area contributed by atoms with Crippen molar-refractivity contribution >= 4 is 42.6 Å². The quantitative estimate of drug-likeness (QED) is 0.467. The second kappa shape index (κ2) is 5.57. The molecule has 148 valence electrons. The molecule has 3 heterocycles. The predicted octanol–water partition coefficient (Wildman–Crippen LogP) is 3.30. The Morgan fingerprint density at radius 2 is 2.14 bits per heavy atom. The molecule has 1 aliphatic heterocycles. The molecule has 0 spiro atoms. The fraction of sp³-hybridized carbons (Fsp3) is 0.526. The van der Waals surface area contributed by atoms with Crippen LogP contribution in [0.1, 0.15) is 33.4 Å². The summed E-state index contributed by atoms with van der Waals surface area (Å²) >= 11 is 5.98. The molecular weight excluding hydrogens is 396 g/mol. The first kappa shape index (κ1) is 19.4. The van der Waals surface area contributed by atoms with Crippen LogP contribution in [0.25, 0.3) is 11.0 Å². The molecule has 1 unspecified atom stereocenters. The lowest BCUT2D eigenvalue weighted by Gasteiger charge is -2.38. The third-order valence-corrected chi connectivity index (χ3v) is 10.9. The van der Waals surface area contributed by atoms with E-state index in [1.807, 2.05) is 0 Å². The molecule has 2 aromatic rings. The van der Waals surface area contributed by atoms with Crippen LogP contribution in [0, 0.1) is 12.3 Å². The van der Waals surface area contributed by atoms with Gasteiger partial charge < -0.3 is 19.5 Å². The highest BCUT2D eigenvalue weighted by atomic mass is 35.5. The van der Waals surface area contributed by atoms with Gasteiger partial charge in [0.1, 0.15) is 17.7 Å². The minimum atomic E-state index is -2.26. The molecule has 7 nitrogen and oxygen atoms in total. The fourth-order valence-electron chi connectivity index (χ4n) is 3.64. The van der Waals surface area contributed by atoms with Crippen LogP contribution in [-0.2, 0) is 14.0 Å². The lowest BCUT2D eigenvalue weighted by molar-refractivity contribution is -0.123. The van der Waals surface area contributed by atoms with Gasteiger partial charge in [0.05, 0.1) is 5.39 Å². The number of carbonyl (C=O) groups excluding carboxylic acids is 1. The number of hydrogen-bond acceptors (Lipinski definition) is 6. The van der Waals surface area contributed by atoms with Gasteiger partial charge in [-0.1, -0.05) is 26.7 Å². The Labute approximate surface area is 169 Å². The maximum atomic E-state index is 12.8. The number of hydrogen-bond donors (Lipinski definition) is 1. The van der Waals surface area contributed by atoms with Gasteiger partial charge in [-0.15, -0.1) is 6.42 Å². The second-order valence-corrected chi connectivity index (χ2v) is 14.0. The number of ketones is 1. The van der Waals surface area contributed by atoms with E-state index in [0.717, 1.165) is 0 Å². The average Bonchev–Trinajstić information content (AvgIpc) is 2.94. The van der Waals surface area contributed by atoms with Gasteiger partial charge in [-0.3, -0.25) is 4.79 Å². The van der Waals surface area contributed by atoms with E-state index in [1.54, 1.807) is 16.8 Å². The maximum absolute atomic E-state index is 12.8. The zero-order valence-electron chi connectivity index (χ0n) is 16.5. The van der Waals surface area contributed by atoms with Gasteiger partial charge in [-0.25, -0.2) is 4.98 Å². The van der Waals surface area contributed by atoms with Crippen LogP contribution in [0.4, 0.5) is 5.82 Å². The van der Waals surface area contributed by atoms with E-state index in [2.05, 4.69) is 49.8 Å². The Balaban J connectivity index is 1.74. The van der Waals surface area contributed by atoms with E-state index >= 15 is 0 Å². The largest absolute Gasteiger partial charge is 0.401 e. The van der Waals surface area contributed by atoms with Gasteiger partial charge in [0.2, 0.25) is 16.7 Å². The first-order valence-electron chi connectivity index (χ1n) is 9.09. The van der Waals surface area contributed by atoms with E-state index in [9.17, 15) is 4.79 Å². The molecule has 1 aliphatic carbocycles. The summed E-state index contributed by atoms with van der Waals surface area (Å²) in [5.41, 5.74) is 4.00. The molecular formula is C19H23ClN4O3Si. The normalized spacial score (nSPS) is 29.8. The highest BCUT2D eigenvalue weighted by Crippen LogP contribution is 2.63. The van der Waals surface area contributed by atoms with Gasteiger partial charge in [-0.05, 0) is 35.8 Å². The van der Waals surface area contributed by atoms with Crippen LogP contribution in [0.5, 0.6) is 0 Å². The van der Waals surface area contributed by atoms with Crippen molar-refractivity contribution < 1.29 is 14.0 Å². The first-order chi connectivity index (χ1) is 12.9. The van der Waals surface area contributed by atoms with Gasteiger partial charge in [0.25, 0.3) is 0 Å². The van der Waals surface area contributed by atoms with Crippen molar-refractivity contribution in [1.29, 1.82) is 0 Å². The molecule has 0 amide bonds. The molecule has 0 radical (unpaired) electrons. The Morgan fingerprint density at radius 3 is 2.75 bits per heavy atom. The molecule has 2 fully saturated rings.